The van der Waals surface area contributed by atoms with Gasteiger partial charge in [0.2, 0.25) is 5.69 Å². The summed E-state index contributed by atoms with van der Waals surface area (Å²) in [5.74, 6) is 0.00221. The van der Waals surface area contributed by atoms with Crippen molar-refractivity contribution in [3.8, 4) is 0 Å². The third-order valence-electron chi connectivity index (χ3n) is 9.04. The first kappa shape index (κ1) is 29.1. The van der Waals surface area contributed by atoms with Gasteiger partial charge in [0.25, 0.3) is 5.91 Å². The Bertz CT molecular complexity index is 1320. The van der Waals surface area contributed by atoms with Crippen molar-refractivity contribution in [1.82, 2.24) is 9.80 Å². The number of piperidine rings is 1. The van der Waals surface area contributed by atoms with E-state index in [1.807, 2.05) is 56.0 Å². The van der Waals surface area contributed by atoms with Gasteiger partial charge in [0.05, 0.1) is 6.57 Å². The predicted molar refractivity (Wildman–Crippen MR) is 163 cm³/mol. The second kappa shape index (κ2) is 11.4. The molecule has 1 unspecified atom stereocenters. The van der Waals surface area contributed by atoms with Crippen molar-refractivity contribution in [3.63, 3.8) is 0 Å². The van der Waals surface area contributed by atoms with Gasteiger partial charge in [-0.25, -0.2) is 9.64 Å². The number of piperazine rings is 1. The molecule has 8 nitrogen and oxygen atoms in total. The van der Waals surface area contributed by atoms with Crippen molar-refractivity contribution in [2.45, 2.75) is 58.6 Å². The molecule has 5 rings (SSSR count). The number of rotatable bonds is 3. The first-order valence-electron chi connectivity index (χ1n) is 14.6. The van der Waals surface area contributed by atoms with Gasteiger partial charge in [-0.2, -0.15) is 0 Å². The first-order chi connectivity index (χ1) is 19.5. The average molecular weight is 578 g/mol. The second-order valence-corrected chi connectivity index (χ2v) is 12.9. The van der Waals surface area contributed by atoms with Gasteiger partial charge in [0, 0.05) is 73.8 Å². The SMILES string of the molecule is [C-]#[N+]c1ccc(N2CCC3(CCN(c4ccc(C(=O)N5CCN(C(=O)OC(C)(C)C)CC5)cc4)CC3)C2C)cc1Cl. The number of carbonyl (C=O) groups is 2. The molecular formula is C32H40ClN5O3. The fourth-order valence-corrected chi connectivity index (χ4v) is 6.71. The molecule has 3 heterocycles. The maximum absolute atomic E-state index is 13.2. The van der Waals surface area contributed by atoms with Crippen molar-refractivity contribution in [3.05, 3.63) is 64.5 Å². The molecule has 3 fully saturated rings. The molecule has 41 heavy (non-hydrogen) atoms. The fraction of sp³-hybridized carbons (Fsp3) is 0.531. The van der Waals surface area contributed by atoms with Crippen LogP contribution < -0.4 is 9.80 Å². The number of anilines is 2. The van der Waals surface area contributed by atoms with Crippen LogP contribution in [0.3, 0.4) is 0 Å². The molecule has 0 aliphatic carbocycles. The number of nitrogens with zero attached hydrogens (tertiary/aromatic N) is 5. The van der Waals surface area contributed by atoms with Gasteiger partial charge >= 0.3 is 6.09 Å². The number of hydrogen-bond acceptors (Lipinski definition) is 5. The van der Waals surface area contributed by atoms with E-state index in [4.69, 9.17) is 22.9 Å². The third-order valence-corrected chi connectivity index (χ3v) is 9.35. The van der Waals surface area contributed by atoms with Crippen LogP contribution in [0, 0.1) is 12.0 Å². The lowest BCUT2D eigenvalue weighted by molar-refractivity contribution is 0.0141. The highest BCUT2D eigenvalue weighted by molar-refractivity contribution is 6.33. The Morgan fingerprint density at radius 3 is 2.07 bits per heavy atom. The highest BCUT2D eigenvalue weighted by atomic mass is 35.5. The van der Waals surface area contributed by atoms with Crippen LogP contribution in [0.4, 0.5) is 21.9 Å². The molecule has 9 heteroatoms. The summed E-state index contributed by atoms with van der Waals surface area (Å²) in [4.78, 5) is 37.3. The molecule has 3 saturated heterocycles. The van der Waals surface area contributed by atoms with Crippen LogP contribution in [0.5, 0.6) is 0 Å². The summed E-state index contributed by atoms with van der Waals surface area (Å²) in [6.07, 6.45) is 3.05. The molecule has 3 aliphatic rings. The number of benzene rings is 2. The van der Waals surface area contributed by atoms with Crippen molar-refractivity contribution in [2.75, 3.05) is 55.6 Å². The summed E-state index contributed by atoms with van der Waals surface area (Å²) in [6.45, 7) is 20.1. The summed E-state index contributed by atoms with van der Waals surface area (Å²) in [7, 11) is 0. The van der Waals surface area contributed by atoms with Gasteiger partial charge in [-0.3, -0.25) is 4.79 Å². The van der Waals surface area contributed by atoms with Crippen molar-refractivity contribution < 1.29 is 14.3 Å². The Balaban J connectivity index is 1.14. The molecule has 2 aromatic rings. The summed E-state index contributed by atoms with van der Waals surface area (Å²) >= 11 is 6.34. The molecule has 0 aromatic heterocycles. The zero-order chi connectivity index (χ0) is 29.4. The summed E-state index contributed by atoms with van der Waals surface area (Å²) in [6, 6.07) is 14.2. The third kappa shape index (κ3) is 6.11. The fourth-order valence-electron chi connectivity index (χ4n) is 6.49. The molecule has 0 N–H and O–H groups in total. The van der Waals surface area contributed by atoms with E-state index >= 15 is 0 Å². The van der Waals surface area contributed by atoms with E-state index in [-0.39, 0.29) is 17.4 Å². The molecule has 0 radical (unpaired) electrons. The van der Waals surface area contributed by atoms with Gasteiger partial charge < -0.3 is 24.3 Å². The normalized spacial score (nSPS) is 20.7. The monoisotopic (exact) mass is 577 g/mol. The minimum absolute atomic E-state index is 0.00221. The number of amides is 2. The van der Waals surface area contributed by atoms with E-state index < -0.39 is 5.60 Å². The Kier molecular flexibility index (Phi) is 8.11. The molecule has 218 valence electrons. The maximum Gasteiger partial charge on any atom is 0.410 e. The van der Waals surface area contributed by atoms with E-state index in [9.17, 15) is 9.59 Å². The molecule has 0 bridgehead atoms. The summed E-state index contributed by atoms with van der Waals surface area (Å²) < 4.78 is 5.47. The maximum atomic E-state index is 13.2. The van der Waals surface area contributed by atoms with E-state index in [0.717, 1.165) is 50.3 Å². The van der Waals surface area contributed by atoms with E-state index in [0.29, 0.717) is 48.5 Å². The predicted octanol–water partition coefficient (Wildman–Crippen LogP) is 6.47. The topological polar surface area (TPSA) is 60.7 Å². The second-order valence-electron chi connectivity index (χ2n) is 12.5. The van der Waals surface area contributed by atoms with Gasteiger partial charge in [0.15, 0.2) is 0 Å². The van der Waals surface area contributed by atoms with Gasteiger partial charge in [-0.15, -0.1) is 0 Å². The first-order valence-corrected chi connectivity index (χ1v) is 14.9. The lowest BCUT2D eigenvalue weighted by Gasteiger charge is -2.44. The Hall–Kier alpha value is -3.44. The molecular weight excluding hydrogens is 538 g/mol. The van der Waals surface area contributed by atoms with Crippen LogP contribution in [0.25, 0.3) is 4.85 Å². The molecule has 2 amide bonds. The lowest BCUT2D eigenvalue weighted by atomic mass is 9.73. The minimum atomic E-state index is -0.530. The number of halogens is 1. The quantitative estimate of drug-likeness (QED) is 0.391. The standard InChI is InChI=1S/C32H40ClN5O3/c1-23-32(14-17-38(23)26-10-11-28(34-5)27(33)22-26)12-15-35(16-13-32)25-8-6-24(7-9-25)29(39)36-18-20-37(21-19-36)30(40)41-31(2,3)4/h6-11,22-23H,12-21H2,1-4H3. The molecule has 3 aliphatic heterocycles. The molecule has 1 atom stereocenters. The largest absolute Gasteiger partial charge is 0.444 e. The highest BCUT2D eigenvalue weighted by Crippen LogP contribution is 2.48. The number of carbonyl (C=O) groups excluding carboxylic acids is 2. The molecule has 0 saturated carbocycles. The zero-order valence-electron chi connectivity index (χ0n) is 24.5. The Morgan fingerprint density at radius 2 is 1.49 bits per heavy atom. The van der Waals surface area contributed by atoms with Crippen molar-refractivity contribution >= 4 is 40.7 Å². The summed E-state index contributed by atoms with van der Waals surface area (Å²) in [5.41, 5.74) is 3.15. The summed E-state index contributed by atoms with van der Waals surface area (Å²) in [5, 5.41) is 0.519. The lowest BCUT2D eigenvalue weighted by Crippen LogP contribution is -2.51. The number of hydrogen-bond donors (Lipinski definition) is 0. The number of ether oxygens (including phenoxy) is 1. The highest BCUT2D eigenvalue weighted by Gasteiger charge is 2.46. The van der Waals surface area contributed by atoms with Crippen LogP contribution >= 0.6 is 11.6 Å². The van der Waals surface area contributed by atoms with E-state index in [1.165, 1.54) is 0 Å². The van der Waals surface area contributed by atoms with Gasteiger partial charge in [0.1, 0.15) is 5.60 Å². The smallest absolute Gasteiger partial charge is 0.410 e. The molecule has 1 spiro atoms. The van der Waals surface area contributed by atoms with Crippen LogP contribution in [-0.2, 0) is 4.74 Å². The zero-order valence-corrected chi connectivity index (χ0v) is 25.3. The van der Waals surface area contributed by atoms with Gasteiger partial charge in [-0.05, 0) is 88.8 Å². The minimum Gasteiger partial charge on any atom is -0.444 e. The van der Waals surface area contributed by atoms with E-state index in [1.54, 1.807) is 4.90 Å². The average Bonchev–Trinajstić information content (AvgIpc) is 3.27. The van der Waals surface area contributed by atoms with Crippen LogP contribution in [0.15, 0.2) is 42.5 Å². The van der Waals surface area contributed by atoms with Crippen molar-refractivity contribution in [1.29, 1.82) is 0 Å². The molecule has 2 aromatic carbocycles. The Morgan fingerprint density at radius 1 is 0.902 bits per heavy atom. The van der Waals surface area contributed by atoms with Crippen LogP contribution in [0.2, 0.25) is 5.02 Å². The van der Waals surface area contributed by atoms with Crippen molar-refractivity contribution in [2.24, 2.45) is 5.41 Å². The Labute approximate surface area is 248 Å². The van der Waals surface area contributed by atoms with Crippen LogP contribution in [-0.4, -0.2) is 79.3 Å². The van der Waals surface area contributed by atoms with E-state index in [2.05, 4.69) is 33.7 Å². The van der Waals surface area contributed by atoms with Gasteiger partial charge in [-0.1, -0.05) is 17.7 Å². The van der Waals surface area contributed by atoms with Crippen LogP contribution in [0.1, 0.15) is 57.3 Å².